The van der Waals surface area contributed by atoms with Crippen LogP contribution in [-0.2, 0) is 11.2 Å². The van der Waals surface area contributed by atoms with Crippen LogP contribution in [0.2, 0.25) is 0 Å². The molecule has 1 atom stereocenters. The number of thiophene rings is 1. The second-order valence-corrected chi connectivity index (χ2v) is 7.42. The fourth-order valence-electron chi connectivity index (χ4n) is 2.61. The van der Waals surface area contributed by atoms with Crippen LogP contribution in [0.25, 0.3) is 9.88 Å². The highest BCUT2D eigenvalue weighted by Gasteiger charge is 2.15. The summed E-state index contributed by atoms with van der Waals surface area (Å²) in [6.07, 6.45) is 2.29. The summed E-state index contributed by atoms with van der Waals surface area (Å²) in [6.45, 7) is 2.13. The quantitative estimate of drug-likeness (QED) is 0.642. The first kappa shape index (κ1) is 16.9. The van der Waals surface area contributed by atoms with Crippen molar-refractivity contribution in [2.45, 2.75) is 32.2 Å². The minimum Gasteiger partial charge on any atom is -0.349 e. The molecule has 1 aromatic carbocycles. The molecule has 24 heavy (non-hydrogen) atoms. The lowest BCUT2D eigenvalue weighted by Crippen LogP contribution is -2.29. The van der Waals surface area contributed by atoms with E-state index in [9.17, 15) is 4.79 Å². The largest absolute Gasteiger partial charge is 0.349 e. The van der Waals surface area contributed by atoms with E-state index in [4.69, 9.17) is 0 Å². The number of hydrogen-bond acceptors (Lipinski definition) is 4. The second kappa shape index (κ2) is 8.22. The van der Waals surface area contributed by atoms with Gasteiger partial charge in [0, 0.05) is 5.38 Å². The van der Waals surface area contributed by atoms with Crippen molar-refractivity contribution in [1.82, 2.24) is 10.3 Å². The highest BCUT2D eigenvalue weighted by molar-refractivity contribution is 7.20. The van der Waals surface area contributed by atoms with Crippen molar-refractivity contribution in [3.05, 3.63) is 64.5 Å². The van der Waals surface area contributed by atoms with E-state index in [1.54, 1.807) is 22.7 Å². The molecular weight excluding hydrogens is 336 g/mol. The monoisotopic (exact) mass is 356 g/mol. The fourth-order valence-corrected chi connectivity index (χ4v) is 4.24. The van der Waals surface area contributed by atoms with Gasteiger partial charge in [-0.25, -0.2) is 4.98 Å². The van der Waals surface area contributed by atoms with Crippen molar-refractivity contribution in [1.29, 1.82) is 0 Å². The maximum Gasteiger partial charge on any atom is 0.226 e. The molecule has 1 amide bonds. The van der Waals surface area contributed by atoms with Gasteiger partial charge in [0.05, 0.1) is 23.0 Å². The normalized spacial score (nSPS) is 12.0. The van der Waals surface area contributed by atoms with Crippen LogP contribution in [0.3, 0.4) is 0 Å². The van der Waals surface area contributed by atoms with Crippen molar-refractivity contribution < 1.29 is 4.79 Å². The van der Waals surface area contributed by atoms with E-state index in [0.29, 0.717) is 6.42 Å². The van der Waals surface area contributed by atoms with E-state index in [1.165, 1.54) is 0 Å². The summed E-state index contributed by atoms with van der Waals surface area (Å²) >= 11 is 3.26. The molecule has 0 aliphatic carbocycles. The molecule has 0 radical (unpaired) electrons. The number of rotatable bonds is 7. The summed E-state index contributed by atoms with van der Waals surface area (Å²) in [5.41, 5.74) is 1.99. The molecule has 3 nitrogen and oxygen atoms in total. The lowest BCUT2D eigenvalue weighted by Gasteiger charge is -2.18. The Morgan fingerprint density at radius 1 is 1.17 bits per heavy atom. The summed E-state index contributed by atoms with van der Waals surface area (Å²) < 4.78 is 0. The molecule has 0 bridgehead atoms. The van der Waals surface area contributed by atoms with Crippen molar-refractivity contribution in [3.63, 3.8) is 0 Å². The van der Waals surface area contributed by atoms with Gasteiger partial charge in [-0.3, -0.25) is 4.79 Å². The smallest absolute Gasteiger partial charge is 0.226 e. The molecule has 0 unspecified atom stereocenters. The van der Waals surface area contributed by atoms with Crippen LogP contribution in [0.4, 0.5) is 0 Å². The van der Waals surface area contributed by atoms with E-state index in [2.05, 4.69) is 35.4 Å². The van der Waals surface area contributed by atoms with E-state index in [0.717, 1.165) is 34.0 Å². The maximum atomic E-state index is 12.4. The summed E-state index contributed by atoms with van der Waals surface area (Å²) in [5.74, 6) is 0.0281. The fraction of sp³-hybridized carbons (Fsp3) is 0.263. The number of carbonyl (C=O) groups excluding carboxylic acids is 1. The first-order valence-corrected chi connectivity index (χ1v) is 9.84. The average Bonchev–Trinajstić information content (AvgIpc) is 3.26. The van der Waals surface area contributed by atoms with Crippen LogP contribution in [0.1, 0.15) is 37.1 Å². The van der Waals surface area contributed by atoms with Crippen LogP contribution in [0, 0.1) is 0 Å². The molecular formula is C19H20N2OS2. The third-order valence-corrected chi connectivity index (χ3v) is 5.67. The Labute approximate surface area is 150 Å². The van der Waals surface area contributed by atoms with Crippen LogP contribution in [0.5, 0.6) is 0 Å². The summed E-state index contributed by atoms with van der Waals surface area (Å²) in [4.78, 5) is 18.2. The predicted molar refractivity (Wildman–Crippen MR) is 101 cm³/mol. The minimum atomic E-state index is 0.0281. The Balaban J connectivity index is 1.64. The Morgan fingerprint density at radius 2 is 2.00 bits per heavy atom. The van der Waals surface area contributed by atoms with Gasteiger partial charge in [-0.05, 0) is 23.4 Å². The third kappa shape index (κ3) is 4.30. The van der Waals surface area contributed by atoms with Crippen molar-refractivity contribution in [2.24, 2.45) is 0 Å². The third-order valence-electron chi connectivity index (χ3n) is 3.74. The van der Waals surface area contributed by atoms with Gasteiger partial charge in [0.1, 0.15) is 5.01 Å². The zero-order valence-electron chi connectivity index (χ0n) is 13.6. The lowest BCUT2D eigenvalue weighted by atomic mass is 10.0. The summed E-state index contributed by atoms with van der Waals surface area (Å²) in [7, 11) is 0. The number of hydrogen-bond donors (Lipinski definition) is 1. The van der Waals surface area contributed by atoms with Crippen molar-refractivity contribution >= 4 is 28.6 Å². The number of nitrogens with one attached hydrogen (secondary N) is 1. The molecule has 5 heteroatoms. The first-order valence-electron chi connectivity index (χ1n) is 8.09. The molecule has 0 aliphatic rings. The van der Waals surface area contributed by atoms with Gasteiger partial charge in [-0.2, -0.15) is 0 Å². The zero-order chi connectivity index (χ0) is 16.8. The molecule has 0 saturated heterocycles. The molecule has 124 valence electrons. The van der Waals surface area contributed by atoms with Gasteiger partial charge >= 0.3 is 0 Å². The lowest BCUT2D eigenvalue weighted by molar-refractivity contribution is -0.121. The van der Waals surface area contributed by atoms with Crippen molar-refractivity contribution in [3.8, 4) is 9.88 Å². The average molecular weight is 357 g/mol. The van der Waals surface area contributed by atoms with Crippen LogP contribution < -0.4 is 5.32 Å². The van der Waals surface area contributed by atoms with Gasteiger partial charge in [0.2, 0.25) is 5.91 Å². The summed E-state index contributed by atoms with van der Waals surface area (Å²) in [5, 5.41) is 8.16. The number of nitrogens with zero attached hydrogens (tertiary/aromatic N) is 1. The van der Waals surface area contributed by atoms with E-state index >= 15 is 0 Å². The Bertz CT molecular complexity index is 766. The number of amides is 1. The van der Waals surface area contributed by atoms with Crippen molar-refractivity contribution in [2.75, 3.05) is 0 Å². The van der Waals surface area contributed by atoms with E-state index < -0.39 is 0 Å². The first-order chi connectivity index (χ1) is 11.8. The number of thiazole rings is 1. The van der Waals surface area contributed by atoms with Crippen LogP contribution in [-0.4, -0.2) is 10.9 Å². The highest BCUT2D eigenvalue weighted by Crippen LogP contribution is 2.28. The second-order valence-electron chi connectivity index (χ2n) is 5.62. The highest BCUT2D eigenvalue weighted by atomic mass is 32.1. The standard InChI is InChI=1S/C19H20N2OS2/c1-2-7-16(14-8-4-3-5-9-14)21-18(22)12-15-13-24-19(20-15)17-10-6-11-23-17/h3-6,8-11,13,16H,2,7,12H2,1H3,(H,21,22)/t16-/m1/s1. The van der Waals surface area contributed by atoms with E-state index in [-0.39, 0.29) is 11.9 Å². The van der Waals surface area contributed by atoms with Gasteiger partial charge in [-0.15, -0.1) is 22.7 Å². The maximum absolute atomic E-state index is 12.4. The molecule has 0 spiro atoms. The van der Waals surface area contributed by atoms with Crippen LogP contribution in [0.15, 0.2) is 53.2 Å². The molecule has 0 aliphatic heterocycles. The van der Waals surface area contributed by atoms with Gasteiger partial charge in [-0.1, -0.05) is 49.7 Å². The minimum absolute atomic E-state index is 0.0281. The molecule has 2 aromatic heterocycles. The SMILES string of the molecule is CCC[C@@H](NC(=O)Cc1csc(-c2cccs2)n1)c1ccccc1. The number of benzene rings is 1. The van der Waals surface area contributed by atoms with Gasteiger partial charge in [0.25, 0.3) is 0 Å². The molecule has 2 heterocycles. The molecule has 0 fully saturated rings. The molecule has 1 N–H and O–H groups in total. The Hall–Kier alpha value is -1.98. The predicted octanol–water partition coefficient (Wildman–Crippen LogP) is 5.07. The molecule has 0 saturated carbocycles. The van der Waals surface area contributed by atoms with Gasteiger partial charge < -0.3 is 5.32 Å². The zero-order valence-corrected chi connectivity index (χ0v) is 15.2. The number of carbonyl (C=O) groups is 1. The Kier molecular flexibility index (Phi) is 5.77. The van der Waals surface area contributed by atoms with Gasteiger partial charge in [0.15, 0.2) is 0 Å². The topological polar surface area (TPSA) is 42.0 Å². The van der Waals surface area contributed by atoms with Crippen LogP contribution >= 0.6 is 22.7 Å². The molecule has 3 aromatic rings. The van der Waals surface area contributed by atoms with E-state index in [1.807, 2.05) is 35.0 Å². The number of aromatic nitrogens is 1. The summed E-state index contributed by atoms with van der Waals surface area (Å²) in [6, 6.07) is 14.3. The Morgan fingerprint density at radius 3 is 2.71 bits per heavy atom. The molecule has 3 rings (SSSR count).